The van der Waals surface area contributed by atoms with E-state index in [0.29, 0.717) is 15.9 Å². The summed E-state index contributed by atoms with van der Waals surface area (Å²) in [7, 11) is 0. The topological polar surface area (TPSA) is 12.9 Å². The molecule has 0 fully saturated rings. The SMILES string of the molecule is Fc1ccc(-c2cccc(Br)n2)cc1F. The molecule has 0 bridgehead atoms. The summed E-state index contributed by atoms with van der Waals surface area (Å²) in [5, 5.41) is 0. The van der Waals surface area contributed by atoms with E-state index in [4.69, 9.17) is 0 Å². The number of rotatable bonds is 1. The van der Waals surface area contributed by atoms with Crippen LogP contribution in [0.3, 0.4) is 0 Å². The van der Waals surface area contributed by atoms with Crippen molar-refractivity contribution in [2.75, 3.05) is 0 Å². The molecule has 0 atom stereocenters. The number of nitrogens with zero attached hydrogens (tertiary/aromatic N) is 1. The fourth-order valence-corrected chi connectivity index (χ4v) is 1.57. The van der Waals surface area contributed by atoms with E-state index in [1.165, 1.54) is 6.07 Å². The van der Waals surface area contributed by atoms with Crippen molar-refractivity contribution in [1.29, 1.82) is 0 Å². The van der Waals surface area contributed by atoms with Crippen molar-refractivity contribution in [3.05, 3.63) is 52.6 Å². The highest BCUT2D eigenvalue weighted by Gasteiger charge is 2.05. The van der Waals surface area contributed by atoms with Crippen molar-refractivity contribution < 1.29 is 8.78 Å². The van der Waals surface area contributed by atoms with Crippen molar-refractivity contribution in [3.63, 3.8) is 0 Å². The Morgan fingerprint density at radius 1 is 1.00 bits per heavy atom. The predicted octanol–water partition coefficient (Wildman–Crippen LogP) is 3.79. The van der Waals surface area contributed by atoms with Crippen LogP contribution in [0.25, 0.3) is 11.3 Å². The summed E-state index contributed by atoms with van der Waals surface area (Å²) in [5.74, 6) is -1.72. The Kier molecular flexibility index (Phi) is 2.77. The maximum Gasteiger partial charge on any atom is 0.159 e. The van der Waals surface area contributed by atoms with Gasteiger partial charge >= 0.3 is 0 Å². The van der Waals surface area contributed by atoms with Crippen LogP contribution in [0.15, 0.2) is 41.0 Å². The van der Waals surface area contributed by atoms with Crippen LogP contribution in [0, 0.1) is 11.6 Å². The average Bonchev–Trinajstić information content (AvgIpc) is 2.22. The fourth-order valence-electron chi connectivity index (χ4n) is 1.22. The van der Waals surface area contributed by atoms with Gasteiger partial charge in [0.1, 0.15) is 4.60 Å². The molecule has 0 aliphatic rings. The van der Waals surface area contributed by atoms with E-state index in [1.54, 1.807) is 18.2 Å². The summed E-state index contributed by atoms with van der Waals surface area (Å²) >= 11 is 3.21. The molecule has 0 saturated heterocycles. The van der Waals surface area contributed by atoms with Crippen LogP contribution in [-0.4, -0.2) is 4.98 Å². The molecule has 0 saturated carbocycles. The zero-order valence-electron chi connectivity index (χ0n) is 7.55. The largest absolute Gasteiger partial charge is 0.241 e. The van der Waals surface area contributed by atoms with E-state index in [1.807, 2.05) is 0 Å². The van der Waals surface area contributed by atoms with E-state index >= 15 is 0 Å². The first-order chi connectivity index (χ1) is 7.16. The average molecular weight is 270 g/mol. The molecule has 0 aliphatic heterocycles. The minimum Gasteiger partial charge on any atom is -0.241 e. The minimum absolute atomic E-state index is 0.551. The zero-order valence-corrected chi connectivity index (χ0v) is 9.13. The Bertz CT molecular complexity index is 500. The van der Waals surface area contributed by atoms with Gasteiger partial charge in [0.2, 0.25) is 0 Å². The molecule has 0 unspecified atom stereocenters. The van der Waals surface area contributed by atoms with Gasteiger partial charge in [0.25, 0.3) is 0 Å². The van der Waals surface area contributed by atoms with Gasteiger partial charge in [-0.15, -0.1) is 0 Å². The minimum atomic E-state index is -0.866. The summed E-state index contributed by atoms with van der Waals surface area (Å²) in [5.41, 5.74) is 1.15. The van der Waals surface area contributed by atoms with Gasteiger partial charge in [-0.25, -0.2) is 13.8 Å². The number of benzene rings is 1. The maximum absolute atomic E-state index is 13.0. The molecule has 0 aliphatic carbocycles. The molecule has 1 heterocycles. The highest BCUT2D eigenvalue weighted by Crippen LogP contribution is 2.21. The van der Waals surface area contributed by atoms with E-state index in [-0.39, 0.29) is 0 Å². The fraction of sp³-hybridized carbons (Fsp3) is 0. The van der Waals surface area contributed by atoms with Crippen LogP contribution in [-0.2, 0) is 0 Å². The Morgan fingerprint density at radius 3 is 2.47 bits per heavy atom. The molecule has 76 valence electrons. The van der Waals surface area contributed by atoms with Gasteiger partial charge in [0.05, 0.1) is 5.69 Å². The lowest BCUT2D eigenvalue weighted by Crippen LogP contribution is -1.87. The first-order valence-corrected chi connectivity index (χ1v) is 5.04. The standard InChI is InChI=1S/C11H6BrF2N/c12-11-3-1-2-10(15-11)7-4-5-8(13)9(14)6-7/h1-6H. The normalized spacial score (nSPS) is 10.3. The van der Waals surface area contributed by atoms with Crippen molar-refractivity contribution >= 4 is 15.9 Å². The molecular weight excluding hydrogens is 264 g/mol. The highest BCUT2D eigenvalue weighted by molar-refractivity contribution is 9.10. The first kappa shape index (κ1) is 10.2. The summed E-state index contributed by atoms with van der Waals surface area (Å²) < 4.78 is 26.3. The number of hydrogen-bond acceptors (Lipinski definition) is 1. The molecule has 0 radical (unpaired) electrons. The van der Waals surface area contributed by atoms with Crippen LogP contribution in [0.1, 0.15) is 0 Å². The molecule has 1 aromatic carbocycles. The lowest BCUT2D eigenvalue weighted by atomic mass is 10.1. The monoisotopic (exact) mass is 269 g/mol. The third-order valence-electron chi connectivity index (χ3n) is 1.93. The van der Waals surface area contributed by atoms with Gasteiger partial charge in [-0.2, -0.15) is 0 Å². The molecule has 0 amide bonds. The third kappa shape index (κ3) is 2.21. The van der Waals surface area contributed by atoms with Crippen molar-refractivity contribution in [1.82, 2.24) is 4.98 Å². The van der Waals surface area contributed by atoms with Gasteiger partial charge in [-0.05, 0) is 46.3 Å². The third-order valence-corrected chi connectivity index (χ3v) is 2.37. The molecule has 15 heavy (non-hydrogen) atoms. The number of pyridine rings is 1. The van der Waals surface area contributed by atoms with E-state index in [9.17, 15) is 8.78 Å². The Balaban J connectivity index is 2.50. The summed E-state index contributed by atoms with van der Waals surface area (Å²) in [6, 6.07) is 9.00. The Labute approximate surface area is 93.9 Å². The van der Waals surface area contributed by atoms with E-state index in [0.717, 1.165) is 12.1 Å². The van der Waals surface area contributed by atoms with Gasteiger partial charge in [0.15, 0.2) is 11.6 Å². The predicted molar refractivity (Wildman–Crippen MR) is 57.3 cm³/mol. The molecule has 2 aromatic rings. The molecule has 2 rings (SSSR count). The van der Waals surface area contributed by atoms with Gasteiger partial charge in [-0.3, -0.25) is 0 Å². The molecule has 0 N–H and O–H groups in total. The molecule has 1 aromatic heterocycles. The molecule has 1 nitrogen and oxygen atoms in total. The van der Waals surface area contributed by atoms with Crippen LogP contribution in [0.4, 0.5) is 8.78 Å². The lowest BCUT2D eigenvalue weighted by molar-refractivity contribution is 0.509. The van der Waals surface area contributed by atoms with Crippen molar-refractivity contribution in [2.24, 2.45) is 0 Å². The maximum atomic E-state index is 13.0. The summed E-state index contributed by atoms with van der Waals surface area (Å²) in [4.78, 5) is 4.14. The second-order valence-electron chi connectivity index (χ2n) is 2.97. The Morgan fingerprint density at radius 2 is 1.80 bits per heavy atom. The van der Waals surface area contributed by atoms with Gasteiger partial charge in [-0.1, -0.05) is 6.07 Å². The summed E-state index contributed by atoms with van der Waals surface area (Å²) in [6.07, 6.45) is 0. The van der Waals surface area contributed by atoms with Crippen molar-refractivity contribution in [2.45, 2.75) is 0 Å². The van der Waals surface area contributed by atoms with Crippen LogP contribution < -0.4 is 0 Å². The zero-order chi connectivity index (χ0) is 10.8. The first-order valence-electron chi connectivity index (χ1n) is 4.25. The number of halogens is 3. The Hall–Kier alpha value is -1.29. The molecule has 4 heteroatoms. The van der Waals surface area contributed by atoms with Gasteiger partial charge in [0, 0.05) is 5.56 Å². The number of hydrogen-bond donors (Lipinski definition) is 0. The number of aromatic nitrogens is 1. The van der Waals surface area contributed by atoms with E-state index < -0.39 is 11.6 Å². The second kappa shape index (κ2) is 4.06. The van der Waals surface area contributed by atoms with Crippen molar-refractivity contribution in [3.8, 4) is 11.3 Å². The lowest BCUT2D eigenvalue weighted by Gasteiger charge is -2.01. The van der Waals surface area contributed by atoms with Crippen LogP contribution in [0.2, 0.25) is 0 Å². The second-order valence-corrected chi connectivity index (χ2v) is 3.79. The highest BCUT2D eigenvalue weighted by atomic mass is 79.9. The molecular formula is C11H6BrF2N. The smallest absolute Gasteiger partial charge is 0.159 e. The van der Waals surface area contributed by atoms with Gasteiger partial charge < -0.3 is 0 Å². The summed E-state index contributed by atoms with van der Waals surface area (Å²) in [6.45, 7) is 0. The quantitative estimate of drug-likeness (QED) is 0.718. The van der Waals surface area contributed by atoms with Crippen LogP contribution >= 0.6 is 15.9 Å². The molecule has 0 spiro atoms. The van der Waals surface area contributed by atoms with E-state index in [2.05, 4.69) is 20.9 Å². The van der Waals surface area contributed by atoms with Crippen LogP contribution in [0.5, 0.6) is 0 Å².